The van der Waals surface area contributed by atoms with Crippen LogP contribution in [0.15, 0.2) is 40.6 Å². The third kappa shape index (κ3) is 1.42. The Bertz CT molecular complexity index is 671. The van der Waals surface area contributed by atoms with Gasteiger partial charge in [-0.25, -0.2) is 0 Å². The lowest BCUT2D eigenvalue weighted by Gasteiger charge is -2.16. The van der Waals surface area contributed by atoms with Crippen LogP contribution in [-0.4, -0.2) is 12.9 Å². The molecule has 3 heteroatoms. The minimum Gasteiger partial charge on any atom is -0.493 e. The van der Waals surface area contributed by atoms with Gasteiger partial charge in [0.05, 0.1) is 7.11 Å². The zero-order valence-corrected chi connectivity index (χ0v) is 10.7. The summed E-state index contributed by atoms with van der Waals surface area (Å²) in [5.74, 6) is 0.344. The maximum atomic E-state index is 12.1. The average Bonchev–Trinajstić information content (AvgIpc) is 2.36. The summed E-state index contributed by atoms with van der Waals surface area (Å²) >= 11 is 3.51. The summed E-state index contributed by atoms with van der Waals surface area (Å²) in [6.07, 6.45) is 1.80. The second kappa shape index (κ2) is 3.70. The molecule has 0 unspecified atom stereocenters. The fourth-order valence-corrected chi connectivity index (χ4v) is 2.66. The summed E-state index contributed by atoms with van der Waals surface area (Å²) in [5.41, 5.74) is 1.73. The Morgan fingerprint density at radius 2 is 2.00 bits per heavy atom. The molecule has 0 saturated heterocycles. The predicted molar refractivity (Wildman–Crippen MR) is 71.0 cm³/mol. The van der Waals surface area contributed by atoms with E-state index in [0.29, 0.717) is 11.3 Å². The Morgan fingerprint density at radius 3 is 2.76 bits per heavy atom. The highest BCUT2D eigenvalue weighted by Crippen LogP contribution is 2.35. The molecule has 2 nitrogen and oxygen atoms in total. The number of halogens is 1. The third-order valence-electron chi connectivity index (χ3n) is 2.99. The lowest BCUT2D eigenvalue weighted by atomic mass is 9.91. The molecule has 0 radical (unpaired) electrons. The van der Waals surface area contributed by atoms with Crippen molar-refractivity contribution in [3.05, 3.63) is 51.7 Å². The number of carbonyl (C=O) groups excluding carboxylic acids is 1. The number of carbonyl (C=O) groups is 1. The van der Waals surface area contributed by atoms with E-state index in [1.807, 2.05) is 30.3 Å². The number of allylic oxidation sites excluding steroid dienone is 1. The maximum absolute atomic E-state index is 12.1. The van der Waals surface area contributed by atoms with E-state index in [-0.39, 0.29) is 5.78 Å². The number of methoxy groups -OCH3 is 1. The van der Waals surface area contributed by atoms with Gasteiger partial charge in [-0.3, -0.25) is 4.79 Å². The van der Waals surface area contributed by atoms with Crippen LogP contribution in [0.25, 0.3) is 16.8 Å². The molecule has 3 rings (SSSR count). The van der Waals surface area contributed by atoms with Gasteiger partial charge in [-0.1, -0.05) is 34.1 Å². The molecule has 0 N–H and O–H groups in total. The molecular formula is C14H9BrO2. The average molecular weight is 289 g/mol. The molecule has 1 aliphatic carbocycles. The Hall–Kier alpha value is -1.61. The van der Waals surface area contributed by atoms with Crippen molar-refractivity contribution in [2.75, 3.05) is 7.11 Å². The van der Waals surface area contributed by atoms with Gasteiger partial charge in [-0.15, -0.1) is 0 Å². The summed E-state index contributed by atoms with van der Waals surface area (Å²) in [7, 11) is 1.52. The van der Waals surface area contributed by atoms with Crippen molar-refractivity contribution in [1.29, 1.82) is 0 Å². The number of ether oxygens (including phenoxy) is 1. The molecule has 0 aliphatic heterocycles. The van der Waals surface area contributed by atoms with Gasteiger partial charge in [0.15, 0.2) is 5.76 Å². The van der Waals surface area contributed by atoms with E-state index >= 15 is 0 Å². The zero-order valence-electron chi connectivity index (χ0n) is 9.16. The molecule has 0 fully saturated rings. The van der Waals surface area contributed by atoms with Gasteiger partial charge in [-0.05, 0) is 29.2 Å². The molecule has 0 aromatic heterocycles. The fourth-order valence-electron chi connectivity index (χ4n) is 2.20. The number of hydrogen-bond donors (Lipinski definition) is 0. The van der Waals surface area contributed by atoms with Gasteiger partial charge < -0.3 is 4.74 Å². The molecule has 2 aromatic carbocycles. The van der Waals surface area contributed by atoms with E-state index in [1.165, 1.54) is 7.11 Å². The van der Waals surface area contributed by atoms with Crippen LogP contribution >= 0.6 is 15.9 Å². The first-order valence-corrected chi connectivity index (χ1v) is 6.03. The number of hydrogen-bond acceptors (Lipinski definition) is 2. The molecule has 0 spiro atoms. The number of ketones is 1. The minimum atomic E-state index is -0.0521. The first-order valence-electron chi connectivity index (χ1n) is 5.24. The summed E-state index contributed by atoms with van der Waals surface area (Å²) in [6, 6.07) is 9.71. The molecule has 0 heterocycles. The van der Waals surface area contributed by atoms with Crippen molar-refractivity contribution in [3.63, 3.8) is 0 Å². The highest BCUT2D eigenvalue weighted by Gasteiger charge is 2.22. The second-order valence-electron chi connectivity index (χ2n) is 3.91. The van der Waals surface area contributed by atoms with Gasteiger partial charge in [0.1, 0.15) is 0 Å². The van der Waals surface area contributed by atoms with Crippen molar-refractivity contribution in [2.24, 2.45) is 0 Å². The lowest BCUT2D eigenvalue weighted by molar-refractivity contribution is 0.0957. The summed E-state index contributed by atoms with van der Waals surface area (Å²) < 4.78 is 6.12. The monoisotopic (exact) mass is 288 g/mol. The van der Waals surface area contributed by atoms with E-state index in [4.69, 9.17) is 4.74 Å². The molecule has 0 atom stereocenters. The van der Waals surface area contributed by atoms with Gasteiger partial charge in [0.25, 0.3) is 0 Å². The number of Topliss-reactive ketones (excluding diaryl/α,β-unsaturated/α-hetero) is 1. The van der Waals surface area contributed by atoms with Crippen LogP contribution in [0.5, 0.6) is 0 Å². The molecule has 84 valence electrons. The molecule has 17 heavy (non-hydrogen) atoms. The summed E-state index contributed by atoms with van der Waals surface area (Å²) in [5, 5.41) is 2.05. The first kappa shape index (κ1) is 10.5. The van der Waals surface area contributed by atoms with Crippen LogP contribution in [0.4, 0.5) is 0 Å². The van der Waals surface area contributed by atoms with Gasteiger partial charge in [-0.2, -0.15) is 0 Å². The summed E-state index contributed by atoms with van der Waals surface area (Å²) in [4.78, 5) is 12.1. The van der Waals surface area contributed by atoms with Crippen LogP contribution in [0.1, 0.15) is 15.9 Å². The quantitative estimate of drug-likeness (QED) is 0.798. The lowest BCUT2D eigenvalue weighted by Crippen LogP contribution is -2.10. The standard InChI is InChI=1S/C14H9BrO2/c1-17-12-7-8-3-2-4-9-11(15)6-5-10(13(8)9)14(12)16/h2-7H,1H3. The number of benzene rings is 2. The molecule has 0 bridgehead atoms. The van der Waals surface area contributed by atoms with Crippen LogP contribution in [0, 0.1) is 0 Å². The Labute approximate surface area is 107 Å². The maximum Gasteiger partial charge on any atom is 0.228 e. The zero-order chi connectivity index (χ0) is 12.0. The van der Waals surface area contributed by atoms with Gasteiger partial charge in [0, 0.05) is 15.4 Å². The second-order valence-corrected chi connectivity index (χ2v) is 4.76. The largest absolute Gasteiger partial charge is 0.493 e. The SMILES string of the molecule is COC1=Cc2cccc3c(Br)ccc(c23)C1=O. The smallest absolute Gasteiger partial charge is 0.228 e. The Balaban J connectivity index is 2.48. The molecule has 0 saturated carbocycles. The van der Waals surface area contributed by atoms with E-state index in [1.54, 1.807) is 6.08 Å². The predicted octanol–water partition coefficient (Wildman–Crippen LogP) is 3.79. The normalized spacial score (nSPS) is 13.8. The Kier molecular flexibility index (Phi) is 2.30. The minimum absolute atomic E-state index is 0.0521. The van der Waals surface area contributed by atoms with Crippen LogP contribution in [0.2, 0.25) is 0 Å². The van der Waals surface area contributed by atoms with E-state index < -0.39 is 0 Å². The van der Waals surface area contributed by atoms with Crippen molar-refractivity contribution < 1.29 is 9.53 Å². The van der Waals surface area contributed by atoms with Gasteiger partial charge in [0.2, 0.25) is 5.78 Å². The molecule has 0 amide bonds. The van der Waals surface area contributed by atoms with E-state index in [0.717, 1.165) is 20.8 Å². The highest BCUT2D eigenvalue weighted by atomic mass is 79.9. The topological polar surface area (TPSA) is 26.3 Å². The van der Waals surface area contributed by atoms with Crippen molar-refractivity contribution in [2.45, 2.75) is 0 Å². The molecule has 1 aliphatic rings. The van der Waals surface area contributed by atoms with Gasteiger partial charge >= 0.3 is 0 Å². The van der Waals surface area contributed by atoms with E-state index in [2.05, 4.69) is 15.9 Å². The van der Waals surface area contributed by atoms with Crippen LogP contribution in [0.3, 0.4) is 0 Å². The number of rotatable bonds is 1. The highest BCUT2D eigenvalue weighted by molar-refractivity contribution is 9.10. The first-order chi connectivity index (χ1) is 8.22. The Morgan fingerprint density at radius 1 is 1.18 bits per heavy atom. The fraction of sp³-hybridized carbons (Fsp3) is 0.0714. The van der Waals surface area contributed by atoms with Crippen LogP contribution < -0.4 is 0 Å². The molecular weight excluding hydrogens is 280 g/mol. The van der Waals surface area contributed by atoms with Crippen molar-refractivity contribution >= 4 is 38.6 Å². The third-order valence-corrected chi connectivity index (χ3v) is 3.69. The molecule has 2 aromatic rings. The van der Waals surface area contributed by atoms with Crippen LogP contribution in [-0.2, 0) is 4.74 Å². The van der Waals surface area contributed by atoms with Crippen molar-refractivity contribution in [1.82, 2.24) is 0 Å². The van der Waals surface area contributed by atoms with E-state index in [9.17, 15) is 4.79 Å². The summed E-state index contributed by atoms with van der Waals surface area (Å²) in [6.45, 7) is 0. The van der Waals surface area contributed by atoms with Crippen molar-refractivity contribution in [3.8, 4) is 0 Å².